The smallest absolute Gasteiger partial charge is 0.418 e. The van der Waals surface area contributed by atoms with Gasteiger partial charge in [-0.15, -0.1) is 0 Å². The predicted molar refractivity (Wildman–Crippen MR) is 159 cm³/mol. The van der Waals surface area contributed by atoms with Gasteiger partial charge in [-0.2, -0.15) is 23.1 Å². The molecule has 15 heteroatoms. The molecule has 7 rings (SSSR count). The van der Waals surface area contributed by atoms with Crippen molar-refractivity contribution in [2.75, 3.05) is 36.9 Å². The van der Waals surface area contributed by atoms with Gasteiger partial charge in [0.15, 0.2) is 18.4 Å². The minimum absolute atomic E-state index is 0.0242. The van der Waals surface area contributed by atoms with Crippen molar-refractivity contribution < 1.29 is 31.1 Å². The number of ether oxygens (including phenoxy) is 1. The summed E-state index contributed by atoms with van der Waals surface area (Å²) in [5.41, 5.74) is 2.67. The molecule has 6 heterocycles. The van der Waals surface area contributed by atoms with Crippen LogP contribution in [0.15, 0.2) is 12.1 Å². The van der Waals surface area contributed by atoms with E-state index in [2.05, 4.69) is 25.2 Å². The number of nitrogens with two attached hydrogens (primary N) is 1. The Morgan fingerprint density at radius 3 is 2.51 bits per heavy atom. The van der Waals surface area contributed by atoms with E-state index in [0.717, 1.165) is 50.9 Å². The quantitative estimate of drug-likeness (QED) is 0.188. The summed E-state index contributed by atoms with van der Waals surface area (Å²) in [6.07, 6.45) is -4.53. The van der Waals surface area contributed by atoms with Crippen molar-refractivity contribution in [1.82, 2.24) is 25.2 Å². The first-order valence-electron chi connectivity index (χ1n) is 15.2. The summed E-state index contributed by atoms with van der Waals surface area (Å²) in [7, 11) is 0. The Kier molecular flexibility index (Phi) is 8.44. The van der Waals surface area contributed by atoms with Gasteiger partial charge in [-0.1, -0.05) is 25.4 Å². The molecule has 244 valence electrons. The summed E-state index contributed by atoms with van der Waals surface area (Å²) in [6, 6.07) is 0.762. The Balaban J connectivity index is 0.00000175. The van der Waals surface area contributed by atoms with E-state index in [1.54, 1.807) is 0 Å². The van der Waals surface area contributed by atoms with Crippen LogP contribution in [0.1, 0.15) is 57.2 Å². The molecule has 3 unspecified atom stereocenters. The van der Waals surface area contributed by atoms with Crippen molar-refractivity contribution in [2.24, 2.45) is 0 Å². The van der Waals surface area contributed by atoms with E-state index in [1.807, 2.05) is 13.8 Å². The zero-order chi connectivity index (χ0) is 32.3. The molecule has 3 fully saturated rings. The number of hydrogen-bond acceptors (Lipinski definition) is 8. The van der Waals surface area contributed by atoms with Crippen LogP contribution in [0.5, 0.6) is 6.01 Å². The number of benzene rings is 1. The molecule has 3 saturated heterocycles. The maximum absolute atomic E-state index is 16.5. The first-order valence-corrected chi connectivity index (χ1v) is 15.6. The van der Waals surface area contributed by atoms with E-state index in [0.29, 0.717) is 0 Å². The van der Waals surface area contributed by atoms with E-state index in [-0.39, 0.29) is 65.6 Å². The van der Waals surface area contributed by atoms with Crippen molar-refractivity contribution in [3.63, 3.8) is 0 Å². The van der Waals surface area contributed by atoms with Gasteiger partial charge in [0.25, 0.3) is 0 Å². The summed E-state index contributed by atoms with van der Waals surface area (Å²) in [5.74, 6) is -1.15. The molecule has 4 aliphatic rings. The summed E-state index contributed by atoms with van der Waals surface area (Å²) in [4.78, 5) is 17.0. The minimum Gasteiger partial charge on any atom is -0.461 e. The number of pyridine rings is 1. The Labute approximate surface area is 261 Å². The second-order valence-electron chi connectivity index (χ2n) is 11.7. The number of aromatic nitrogens is 3. The topological polar surface area (TPSA) is 92.4 Å². The molecule has 45 heavy (non-hydrogen) atoms. The molecule has 0 spiro atoms. The van der Waals surface area contributed by atoms with E-state index in [4.69, 9.17) is 22.1 Å². The standard InChI is InChI=1S/C28H28ClF6N7O.C2H6/c29-15-10-13(36)9-14(20(15)28(33,34)35)22-21(31)23-19-16(37-22)3-4-17-24(32)38-18(30)11-42(17)25(19)40-26(39-23)43-12-27-5-1-7-41(27)8-2-6-27;1-2/h9-10,17-18,24,38H,1-8,11-12,36H2;1-2H3. The normalized spacial score (nSPS) is 24.1. The predicted octanol–water partition coefficient (Wildman–Crippen LogP) is 6.43. The Hall–Kier alpha value is -3.10. The second-order valence-corrected chi connectivity index (χ2v) is 12.1. The van der Waals surface area contributed by atoms with E-state index in [9.17, 15) is 17.6 Å². The largest absolute Gasteiger partial charge is 0.461 e. The highest BCUT2D eigenvalue weighted by molar-refractivity contribution is 6.32. The molecular formula is C30H34ClF6N7O. The van der Waals surface area contributed by atoms with Crippen molar-refractivity contribution in [1.29, 1.82) is 0 Å². The van der Waals surface area contributed by atoms with E-state index >= 15 is 8.78 Å². The zero-order valence-corrected chi connectivity index (χ0v) is 25.6. The number of halogens is 7. The third-order valence-corrected chi connectivity index (χ3v) is 9.44. The van der Waals surface area contributed by atoms with Gasteiger partial charge >= 0.3 is 12.2 Å². The lowest BCUT2D eigenvalue weighted by Gasteiger charge is -2.40. The van der Waals surface area contributed by atoms with Crippen molar-refractivity contribution in [2.45, 2.75) is 82.7 Å². The summed E-state index contributed by atoms with van der Waals surface area (Å²) in [5, 5.41) is 1.61. The number of rotatable bonds is 4. The lowest BCUT2D eigenvalue weighted by Crippen LogP contribution is -2.59. The molecule has 2 aromatic heterocycles. The molecule has 0 radical (unpaired) electrons. The highest BCUT2D eigenvalue weighted by Crippen LogP contribution is 2.46. The molecule has 0 aliphatic carbocycles. The van der Waals surface area contributed by atoms with Gasteiger partial charge < -0.3 is 15.4 Å². The fraction of sp³-hybridized carbons (Fsp3) is 0.567. The number of nitrogens with one attached hydrogen (secondary N) is 1. The molecule has 3 atom stereocenters. The molecule has 3 aromatic rings. The Bertz CT molecular complexity index is 1600. The van der Waals surface area contributed by atoms with Crippen LogP contribution in [-0.4, -0.2) is 70.3 Å². The number of anilines is 2. The summed E-state index contributed by atoms with van der Waals surface area (Å²) >= 11 is 5.97. The van der Waals surface area contributed by atoms with Gasteiger partial charge in [0.05, 0.1) is 39.8 Å². The average molecular weight is 658 g/mol. The molecule has 1 aromatic carbocycles. The van der Waals surface area contributed by atoms with Gasteiger partial charge in [-0.05, 0) is 63.7 Å². The van der Waals surface area contributed by atoms with Crippen LogP contribution in [0.2, 0.25) is 5.02 Å². The number of nitrogen functional groups attached to an aromatic ring is 1. The summed E-state index contributed by atoms with van der Waals surface area (Å²) < 4.78 is 94.9. The van der Waals surface area contributed by atoms with Gasteiger partial charge in [0, 0.05) is 11.3 Å². The number of hydrogen-bond donors (Lipinski definition) is 2. The van der Waals surface area contributed by atoms with Crippen LogP contribution in [0.4, 0.5) is 37.8 Å². The molecule has 3 N–H and O–H groups in total. The van der Waals surface area contributed by atoms with Crippen LogP contribution < -0.4 is 20.7 Å². The highest BCUT2D eigenvalue weighted by Gasteiger charge is 2.46. The Morgan fingerprint density at radius 2 is 1.82 bits per heavy atom. The van der Waals surface area contributed by atoms with Crippen LogP contribution >= 0.6 is 11.6 Å². The van der Waals surface area contributed by atoms with Crippen molar-refractivity contribution in [3.05, 3.63) is 34.2 Å². The monoisotopic (exact) mass is 657 g/mol. The Morgan fingerprint density at radius 1 is 1.11 bits per heavy atom. The van der Waals surface area contributed by atoms with Crippen LogP contribution in [0.3, 0.4) is 0 Å². The maximum atomic E-state index is 16.5. The fourth-order valence-electron chi connectivity index (χ4n) is 7.23. The maximum Gasteiger partial charge on any atom is 0.418 e. The van der Waals surface area contributed by atoms with Gasteiger partial charge in [-0.3, -0.25) is 10.2 Å². The van der Waals surface area contributed by atoms with Crippen molar-refractivity contribution >= 4 is 34.0 Å². The molecule has 4 aliphatic heterocycles. The second kappa shape index (κ2) is 11.9. The third-order valence-electron chi connectivity index (χ3n) is 9.14. The average Bonchev–Trinajstić information content (AvgIpc) is 3.52. The zero-order valence-electron chi connectivity index (χ0n) is 24.8. The van der Waals surface area contributed by atoms with Gasteiger partial charge in [-0.25, -0.2) is 18.2 Å². The third kappa shape index (κ3) is 5.52. The first-order chi connectivity index (χ1) is 21.4. The van der Waals surface area contributed by atoms with Crippen LogP contribution in [-0.2, 0) is 12.6 Å². The van der Waals surface area contributed by atoms with Crippen molar-refractivity contribution in [3.8, 4) is 17.3 Å². The fourth-order valence-corrected chi connectivity index (χ4v) is 7.57. The molecule has 0 amide bonds. The molecule has 8 nitrogen and oxygen atoms in total. The van der Waals surface area contributed by atoms with E-state index in [1.165, 1.54) is 4.90 Å². The highest BCUT2D eigenvalue weighted by atomic mass is 35.5. The van der Waals surface area contributed by atoms with Crippen LogP contribution in [0.25, 0.3) is 22.2 Å². The van der Waals surface area contributed by atoms with Gasteiger partial charge in [0.1, 0.15) is 23.6 Å². The van der Waals surface area contributed by atoms with E-state index < -0.39 is 52.5 Å². The lowest BCUT2D eigenvalue weighted by atomic mass is 9.95. The number of nitrogens with zero attached hydrogens (tertiary/aromatic N) is 5. The SMILES string of the molecule is CC.Nc1cc(Cl)c(C(F)(F)F)c(-c2nc3c4c(nc(OCC56CCCN5CCC6)nc4c2F)N2CC(F)NC(F)C2CC3)c1. The van der Waals surface area contributed by atoms with Gasteiger partial charge in [0.2, 0.25) is 0 Å². The number of piperazine rings is 1. The number of aryl methyl sites for hydroxylation is 1. The molecule has 0 bridgehead atoms. The number of fused-ring (bicyclic) bond motifs is 3. The number of alkyl halides is 5. The summed E-state index contributed by atoms with van der Waals surface area (Å²) in [6.45, 7) is 5.79. The lowest BCUT2D eigenvalue weighted by molar-refractivity contribution is -0.137. The first kappa shape index (κ1) is 31.9. The molecular weight excluding hydrogens is 624 g/mol. The molecule has 0 saturated carbocycles. The minimum atomic E-state index is -4.96. The van der Waals surface area contributed by atoms with Crippen LogP contribution in [0, 0.1) is 5.82 Å².